The van der Waals surface area contributed by atoms with E-state index in [0.717, 1.165) is 5.56 Å². The maximum atomic E-state index is 13.7. The van der Waals surface area contributed by atoms with E-state index in [-0.39, 0.29) is 5.82 Å². The molecule has 2 nitrogen and oxygen atoms in total. The molecule has 0 aliphatic heterocycles. The summed E-state index contributed by atoms with van der Waals surface area (Å²) in [6, 6.07) is 8.89. The van der Waals surface area contributed by atoms with Gasteiger partial charge in [0.05, 0.1) is 0 Å². The van der Waals surface area contributed by atoms with E-state index in [1.807, 2.05) is 24.3 Å². The summed E-state index contributed by atoms with van der Waals surface area (Å²) in [6.07, 6.45) is 1.57. The molecule has 5 heteroatoms. The minimum atomic E-state index is -0.362. The molecule has 0 spiro atoms. The largest absolute Gasteiger partial charge is 0.353 e. The van der Waals surface area contributed by atoms with Gasteiger partial charge in [-0.1, -0.05) is 29.8 Å². The Morgan fingerprint density at radius 1 is 1.39 bits per heavy atom. The van der Waals surface area contributed by atoms with Crippen molar-refractivity contribution in [2.24, 2.45) is 0 Å². The number of anilines is 1. The van der Waals surface area contributed by atoms with Crippen molar-refractivity contribution in [1.82, 2.24) is 4.98 Å². The first-order chi connectivity index (χ1) is 8.58. The quantitative estimate of drug-likeness (QED) is 0.836. The molecule has 0 fully saturated rings. The second kappa shape index (κ2) is 5.67. The van der Waals surface area contributed by atoms with E-state index in [4.69, 9.17) is 11.6 Å². The average molecular weight is 330 g/mol. The molecular weight excluding hydrogens is 319 g/mol. The third-order valence-corrected chi connectivity index (χ3v) is 3.32. The summed E-state index contributed by atoms with van der Waals surface area (Å²) in [5.41, 5.74) is 0.936. The van der Waals surface area contributed by atoms with E-state index in [1.54, 1.807) is 18.1 Å². The lowest BCUT2D eigenvalue weighted by Crippen LogP contribution is -2.19. The van der Waals surface area contributed by atoms with Gasteiger partial charge in [-0.2, -0.15) is 0 Å². The third-order valence-electron chi connectivity index (χ3n) is 2.52. The number of hydrogen-bond donors (Lipinski definition) is 0. The Kier molecular flexibility index (Phi) is 4.19. The molecule has 1 aromatic carbocycles. The van der Waals surface area contributed by atoms with Crippen LogP contribution in [0.2, 0.25) is 5.02 Å². The molecule has 0 unspecified atom stereocenters. The molecule has 0 aliphatic carbocycles. The smallest absolute Gasteiger partial charge is 0.166 e. The number of pyridine rings is 1. The average Bonchev–Trinajstić information content (AvgIpc) is 2.32. The van der Waals surface area contributed by atoms with Gasteiger partial charge in [-0.15, -0.1) is 0 Å². The number of nitrogens with zero attached hydrogens (tertiary/aromatic N) is 2. The SMILES string of the molecule is CN(Cc1ccccc1Cl)c1ncc(Br)cc1F. The highest BCUT2D eigenvalue weighted by molar-refractivity contribution is 9.10. The lowest BCUT2D eigenvalue weighted by atomic mass is 10.2. The van der Waals surface area contributed by atoms with E-state index in [9.17, 15) is 4.39 Å². The van der Waals surface area contributed by atoms with Crippen LogP contribution in [0.5, 0.6) is 0 Å². The van der Waals surface area contributed by atoms with Crippen LogP contribution in [0.1, 0.15) is 5.56 Å². The zero-order valence-corrected chi connectivity index (χ0v) is 12.0. The fourth-order valence-corrected chi connectivity index (χ4v) is 2.14. The molecule has 18 heavy (non-hydrogen) atoms. The van der Waals surface area contributed by atoms with Crippen molar-refractivity contribution in [3.05, 3.63) is 57.4 Å². The maximum absolute atomic E-state index is 13.7. The van der Waals surface area contributed by atoms with Gasteiger partial charge in [-0.25, -0.2) is 9.37 Å². The Morgan fingerprint density at radius 3 is 2.78 bits per heavy atom. The monoisotopic (exact) mass is 328 g/mol. The summed E-state index contributed by atoms with van der Waals surface area (Å²) in [5, 5.41) is 0.668. The standard InChI is InChI=1S/C13H11BrClFN2/c1-18(8-9-4-2-3-5-11(9)15)13-12(16)6-10(14)7-17-13/h2-7H,8H2,1H3. The second-order valence-corrected chi connectivity index (χ2v) is 5.23. The van der Waals surface area contributed by atoms with E-state index < -0.39 is 0 Å². The first kappa shape index (κ1) is 13.3. The minimum absolute atomic E-state index is 0.304. The van der Waals surface area contributed by atoms with Gasteiger partial charge in [-0.05, 0) is 33.6 Å². The molecule has 2 aromatic rings. The lowest BCUT2D eigenvalue weighted by molar-refractivity contribution is 0.613. The van der Waals surface area contributed by atoms with Crippen LogP contribution < -0.4 is 4.90 Å². The van der Waals surface area contributed by atoms with Gasteiger partial charge in [0.1, 0.15) is 0 Å². The normalized spacial score (nSPS) is 10.4. The highest BCUT2D eigenvalue weighted by atomic mass is 79.9. The van der Waals surface area contributed by atoms with E-state index in [2.05, 4.69) is 20.9 Å². The van der Waals surface area contributed by atoms with Gasteiger partial charge in [-0.3, -0.25) is 0 Å². The number of aromatic nitrogens is 1. The third kappa shape index (κ3) is 3.00. The van der Waals surface area contributed by atoms with Gasteiger partial charge in [0.15, 0.2) is 11.6 Å². The zero-order valence-electron chi connectivity index (χ0n) is 9.70. The highest BCUT2D eigenvalue weighted by Gasteiger charge is 2.11. The summed E-state index contributed by atoms with van der Waals surface area (Å²) in [4.78, 5) is 5.79. The van der Waals surface area contributed by atoms with Crippen molar-refractivity contribution in [1.29, 1.82) is 0 Å². The van der Waals surface area contributed by atoms with Crippen LogP contribution in [0.25, 0.3) is 0 Å². The number of benzene rings is 1. The molecule has 0 N–H and O–H groups in total. The van der Waals surface area contributed by atoms with Crippen LogP contribution in [-0.4, -0.2) is 12.0 Å². The number of rotatable bonds is 3. The topological polar surface area (TPSA) is 16.1 Å². The molecular formula is C13H11BrClFN2. The van der Waals surface area contributed by atoms with E-state index in [0.29, 0.717) is 21.9 Å². The summed E-state index contributed by atoms with van der Waals surface area (Å²) in [5.74, 6) is -0.0583. The molecule has 2 rings (SSSR count). The van der Waals surface area contributed by atoms with Crippen LogP contribution in [0.15, 0.2) is 41.0 Å². The van der Waals surface area contributed by atoms with Gasteiger partial charge in [0.2, 0.25) is 0 Å². The van der Waals surface area contributed by atoms with Crippen molar-refractivity contribution >= 4 is 33.3 Å². The van der Waals surface area contributed by atoms with Crippen molar-refractivity contribution in [2.45, 2.75) is 6.54 Å². The summed E-state index contributed by atoms with van der Waals surface area (Å²) in [6.45, 7) is 0.505. The first-order valence-corrected chi connectivity index (χ1v) is 6.50. The number of halogens is 3. The Hall–Kier alpha value is -1.13. The summed E-state index contributed by atoms with van der Waals surface area (Å²) in [7, 11) is 1.78. The number of hydrogen-bond acceptors (Lipinski definition) is 2. The second-order valence-electron chi connectivity index (χ2n) is 3.91. The Balaban J connectivity index is 2.22. The Labute approximate surface area is 119 Å². The molecule has 0 saturated heterocycles. The predicted molar refractivity (Wildman–Crippen MR) is 75.5 cm³/mol. The van der Waals surface area contributed by atoms with Crippen LogP contribution in [0, 0.1) is 5.82 Å². The summed E-state index contributed by atoms with van der Waals surface area (Å²) >= 11 is 9.25. The lowest BCUT2D eigenvalue weighted by Gasteiger charge is -2.19. The minimum Gasteiger partial charge on any atom is -0.353 e. The molecule has 1 heterocycles. The molecule has 0 radical (unpaired) electrons. The fourth-order valence-electron chi connectivity index (χ4n) is 1.65. The van der Waals surface area contributed by atoms with Crippen molar-refractivity contribution < 1.29 is 4.39 Å². The molecule has 94 valence electrons. The maximum Gasteiger partial charge on any atom is 0.166 e. The Morgan fingerprint density at radius 2 is 2.11 bits per heavy atom. The molecule has 0 aliphatic rings. The highest BCUT2D eigenvalue weighted by Crippen LogP contribution is 2.22. The molecule has 0 bridgehead atoms. The van der Waals surface area contributed by atoms with Crippen LogP contribution in [0.3, 0.4) is 0 Å². The molecule has 0 amide bonds. The van der Waals surface area contributed by atoms with Crippen molar-refractivity contribution in [3.8, 4) is 0 Å². The van der Waals surface area contributed by atoms with E-state index >= 15 is 0 Å². The van der Waals surface area contributed by atoms with Gasteiger partial charge in [0.25, 0.3) is 0 Å². The van der Waals surface area contributed by atoms with Gasteiger partial charge < -0.3 is 4.90 Å². The molecule has 0 atom stereocenters. The molecule has 1 aromatic heterocycles. The Bertz CT molecular complexity index is 562. The van der Waals surface area contributed by atoms with Crippen LogP contribution in [-0.2, 0) is 6.54 Å². The van der Waals surface area contributed by atoms with Gasteiger partial charge in [0, 0.05) is 29.3 Å². The van der Waals surface area contributed by atoms with Crippen LogP contribution >= 0.6 is 27.5 Å². The van der Waals surface area contributed by atoms with Crippen molar-refractivity contribution in [3.63, 3.8) is 0 Å². The zero-order chi connectivity index (χ0) is 13.1. The van der Waals surface area contributed by atoms with Crippen molar-refractivity contribution in [2.75, 3.05) is 11.9 Å². The first-order valence-electron chi connectivity index (χ1n) is 5.33. The van der Waals surface area contributed by atoms with Gasteiger partial charge >= 0.3 is 0 Å². The summed E-state index contributed by atoms with van der Waals surface area (Å²) < 4.78 is 14.4. The fraction of sp³-hybridized carbons (Fsp3) is 0.154. The van der Waals surface area contributed by atoms with Crippen LogP contribution in [0.4, 0.5) is 10.2 Å². The van der Waals surface area contributed by atoms with E-state index in [1.165, 1.54) is 6.07 Å². The molecule has 0 saturated carbocycles. The predicted octanol–water partition coefficient (Wildman–Crippen LogP) is 4.27.